The topological polar surface area (TPSA) is 33.5 Å². The minimum absolute atomic E-state index is 0.0109. The van der Waals surface area contributed by atoms with Crippen LogP contribution in [-0.2, 0) is 0 Å². The average molecular weight is 242 g/mol. The lowest BCUT2D eigenvalue weighted by Crippen LogP contribution is -2.35. The lowest BCUT2D eigenvalue weighted by molar-refractivity contribution is 0.0690. The first-order valence-corrected chi connectivity index (χ1v) is 6.15. The van der Waals surface area contributed by atoms with E-state index in [0.29, 0.717) is 11.5 Å². The van der Waals surface area contributed by atoms with Crippen LogP contribution in [0.1, 0.15) is 47.9 Å². The van der Waals surface area contributed by atoms with Gasteiger partial charge in [0.25, 0.3) is 5.91 Å². The quantitative estimate of drug-likeness (QED) is 0.745. The normalized spacial score (nSPS) is 18.5. The van der Waals surface area contributed by atoms with Crippen molar-refractivity contribution in [1.82, 2.24) is 4.90 Å². The second-order valence-electron chi connectivity index (χ2n) is 4.17. The number of halogens is 1. The van der Waals surface area contributed by atoms with Crippen molar-refractivity contribution in [1.29, 1.82) is 0 Å². The molecule has 4 heteroatoms. The average Bonchev–Trinajstić information content (AvgIpc) is 2.78. The third-order valence-corrected chi connectivity index (χ3v) is 3.09. The fraction of sp³-hybridized carbons (Fsp3) is 0.583. The van der Waals surface area contributed by atoms with Crippen LogP contribution >= 0.6 is 11.6 Å². The number of hydrogen-bond donors (Lipinski definition) is 0. The van der Waals surface area contributed by atoms with Gasteiger partial charge in [-0.15, -0.1) is 11.6 Å². The Morgan fingerprint density at radius 1 is 1.38 bits per heavy atom. The highest BCUT2D eigenvalue weighted by molar-refractivity contribution is 6.20. The maximum absolute atomic E-state index is 12.0. The van der Waals surface area contributed by atoms with Gasteiger partial charge in [0.1, 0.15) is 5.76 Å². The van der Waals surface area contributed by atoms with Crippen LogP contribution in [-0.4, -0.2) is 23.9 Å². The Balaban J connectivity index is 2.07. The molecule has 0 N–H and O–H groups in total. The standard InChI is InChI=1S/C12H16ClNO2/c1-9(13)10-5-6-11(16-10)12(15)14-7-3-2-4-8-14/h5-6,9H,2-4,7-8H2,1H3. The number of nitrogens with zero attached hydrogens (tertiary/aromatic N) is 1. The third kappa shape index (κ3) is 2.40. The molecule has 3 nitrogen and oxygen atoms in total. The lowest BCUT2D eigenvalue weighted by Gasteiger charge is -2.25. The van der Waals surface area contributed by atoms with Crippen LogP contribution in [0.2, 0.25) is 0 Å². The van der Waals surface area contributed by atoms with Crippen molar-refractivity contribution >= 4 is 17.5 Å². The Morgan fingerprint density at radius 3 is 2.62 bits per heavy atom. The Kier molecular flexibility index (Phi) is 3.54. The molecule has 0 aliphatic carbocycles. The summed E-state index contributed by atoms with van der Waals surface area (Å²) in [7, 11) is 0. The summed E-state index contributed by atoms with van der Waals surface area (Å²) in [6.07, 6.45) is 3.39. The number of amides is 1. The summed E-state index contributed by atoms with van der Waals surface area (Å²) in [5, 5.41) is -0.192. The Bertz CT molecular complexity index is 367. The van der Waals surface area contributed by atoms with Crippen LogP contribution in [0.15, 0.2) is 16.5 Å². The van der Waals surface area contributed by atoms with Crippen molar-refractivity contribution in [3.05, 3.63) is 23.7 Å². The van der Waals surface area contributed by atoms with Gasteiger partial charge in [0.15, 0.2) is 5.76 Å². The summed E-state index contributed by atoms with van der Waals surface area (Å²) in [6, 6.07) is 3.49. The Morgan fingerprint density at radius 2 is 2.06 bits per heavy atom. The zero-order valence-corrected chi connectivity index (χ0v) is 10.2. The summed E-state index contributed by atoms with van der Waals surface area (Å²) in [4.78, 5) is 13.9. The highest BCUT2D eigenvalue weighted by Crippen LogP contribution is 2.23. The maximum atomic E-state index is 12.0. The summed E-state index contributed by atoms with van der Waals surface area (Å²) in [6.45, 7) is 3.51. The minimum atomic E-state index is -0.192. The van der Waals surface area contributed by atoms with E-state index >= 15 is 0 Å². The molecule has 1 aliphatic rings. The number of alkyl halides is 1. The molecule has 2 heterocycles. The monoisotopic (exact) mass is 241 g/mol. The van der Waals surface area contributed by atoms with Crippen molar-refractivity contribution in [2.45, 2.75) is 31.6 Å². The van der Waals surface area contributed by atoms with E-state index in [1.165, 1.54) is 6.42 Å². The molecule has 0 aromatic carbocycles. The summed E-state index contributed by atoms with van der Waals surface area (Å²) >= 11 is 5.89. The molecule has 1 aromatic rings. The highest BCUT2D eigenvalue weighted by Gasteiger charge is 2.21. The van der Waals surface area contributed by atoms with Crippen molar-refractivity contribution in [2.75, 3.05) is 13.1 Å². The van der Waals surface area contributed by atoms with Gasteiger partial charge in [-0.3, -0.25) is 4.79 Å². The van der Waals surface area contributed by atoms with Crippen molar-refractivity contribution in [3.8, 4) is 0 Å². The molecule has 88 valence electrons. The number of piperidine rings is 1. The number of hydrogen-bond acceptors (Lipinski definition) is 2. The van der Waals surface area contributed by atoms with Gasteiger partial charge in [-0.1, -0.05) is 0 Å². The molecule has 16 heavy (non-hydrogen) atoms. The predicted molar refractivity (Wildman–Crippen MR) is 62.7 cm³/mol. The van der Waals surface area contributed by atoms with Gasteiger partial charge in [-0.2, -0.15) is 0 Å². The first kappa shape index (κ1) is 11.5. The van der Waals surface area contributed by atoms with Gasteiger partial charge < -0.3 is 9.32 Å². The Hall–Kier alpha value is -0.960. The molecule has 1 saturated heterocycles. The SMILES string of the molecule is CC(Cl)c1ccc(C(=O)N2CCCCC2)o1. The zero-order valence-electron chi connectivity index (χ0n) is 9.41. The highest BCUT2D eigenvalue weighted by atomic mass is 35.5. The van der Waals surface area contributed by atoms with Gasteiger partial charge in [0.05, 0.1) is 5.38 Å². The number of carbonyl (C=O) groups excluding carboxylic acids is 1. The van der Waals surface area contributed by atoms with Gasteiger partial charge in [-0.05, 0) is 38.3 Å². The largest absolute Gasteiger partial charge is 0.454 e. The van der Waals surface area contributed by atoms with Gasteiger partial charge in [0.2, 0.25) is 0 Å². The van der Waals surface area contributed by atoms with Gasteiger partial charge in [-0.25, -0.2) is 0 Å². The van der Waals surface area contributed by atoms with Crippen molar-refractivity contribution < 1.29 is 9.21 Å². The van der Waals surface area contributed by atoms with Crippen molar-refractivity contribution in [2.24, 2.45) is 0 Å². The van der Waals surface area contributed by atoms with E-state index in [1.54, 1.807) is 12.1 Å². The van der Waals surface area contributed by atoms with Crippen molar-refractivity contribution in [3.63, 3.8) is 0 Å². The molecular weight excluding hydrogens is 226 g/mol. The summed E-state index contributed by atoms with van der Waals surface area (Å²) in [5.74, 6) is 1.05. The zero-order chi connectivity index (χ0) is 11.5. The first-order valence-electron chi connectivity index (χ1n) is 5.71. The number of furan rings is 1. The van der Waals surface area contributed by atoms with Gasteiger partial charge in [0, 0.05) is 13.1 Å². The van der Waals surface area contributed by atoms with E-state index in [2.05, 4.69) is 0 Å². The molecular formula is C12H16ClNO2. The Labute approximate surface area is 100 Å². The fourth-order valence-corrected chi connectivity index (χ4v) is 2.05. The number of likely N-dealkylation sites (tertiary alicyclic amines) is 1. The second kappa shape index (κ2) is 4.91. The minimum Gasteiger partial charge on any atom is -0.454 e. The van der Waals surface area contributed by atoms with Crippen LogP contribution in [0.5, 0.6) is 0 Å². The summed E-state index contributed by atoms with van der Waals surface area (Å²) < 4.78 is 5.44. The van der Waals surface area contributed by atoms with E-state index in [0.717, 1.165) is 25.9 Å². The lowest BCUT2D eigenvalue weighted by atomic mass is 10.1. The van der Waals surface area contributed by atoms with Crippen LogP contribution in [0, 0.1) is 0 Å². The molecule has 1 atom stereocenters. The van der Waals surface area contributed by atoms with Crippen LogP contribution in [0.4, 0.5) is 0 Å². The number of rotatable bonds is 2. The molecule has 1 unspecified atom stereocenters. The molecule has 1 aromatic heterocycles. The molecule has 2 rings (SSSR count). The predicted octanol–water partition coefficient (Wildman–Crippen LogP) is 3.21. The number of carbonyl (C=O) groups is 1. The second-order valence-corrected chi connectivity index (χ2v) is 4.83. The molecule has 0 spiro atoms. The maximum Gasteiger partial charge on any atom is 0.289 e. The molecule has 0 radical (unpaired) electrons. The smallest absolute Gasteiger partial charge is 0.289 e. The van der Waals surface area contributed by atoms with Gasteiger partial charge >= 0.3 is 0 Å². The van der Waals surface area contributed by atoms with Crippen LogP contribution in [0.25, 0.3) is 0 Å². The molecule has 1 aliphatic heterocycles. The van der Waals surface area contributed by atoms with E-state index in [1.807, 2.05) is 11.8 Å². The first-order chi connectivity index (χ1) is 7.68. The van der Waals surface area contributed by atoms with Crippen LogP contribution in [0.3, 0.4) is 0 Å². The molecule has 0 saturated carbocycles. The molecule has 1 fully saturated rings. The summed E-state index contributed by atoms with van der Waals surface area (Å²) in [5.41, 5.74) is 0. The van der Waals surface area contributed by atoms with Crippen LogP contribution < -0.4 is 0 Å². The van der Waals surface area contributed by atoms with E-state index in [9.17, 15) is 4.79 Å². The molecule has 1 amide bonds. The molecule has 0 bridgehead atoms. The van der Waals surface area contributed by atoms with E-state index in [4.69, 9.17) is 16.0 Å². The van der Waals surface area contributed by atoms with E-state index < -0.39 is 0 Å². The fourth-order valence-electron chi connectivity index (χ4n) is 1.93. The third-order valence-electron chi connectivity index (χ3n) is 2.87. The van der Waals surface area contributed by atoms with E-state index in [-0.39, 0.29) is 11.3 Å².